The Labute approximate surface area is 102 Å². The van der Waals surface area contributed by atoms with Crippen molar-refractivity contribution in [2.45, 2.75) is 51.9 Å². The van der Waals surface area contributed by atoms with Gasteiger partial charge in [0.1, 0.15) is 0 Å². The van der Waals surface area contributed by atoms with E-state index in [-0.39, 0.29) is 12.8 Å². The summed E-state index contributed by atoms with van der Waals surface area (Å²) in [5.41, 5.74) is 0. The Balaban J connectivity index is 2.50. The molecular formula is C13H22O4. The molecule has 1 aliphatic carbocycles. The fourth-order valence-corrected chi connectivity index (χ4v) is 3.07. The molecule has 0 saturated heterocycles. The van der Waals surface area contributed by atoms with Gasteiger partial charge in [0, 0.05) is 12.8 Å². The van der Waals surface area contributed by atoms with E-state index in [4.69, 9.17) is 10.2 Å². The summed E-state index contributed by atoms with van der Waals surface area (Å²) in [5, 5.41) is 17.5. The van der Waals surface area contributed by atoms with Gasteiger partial charge in [-0.2, -0.15) is 0 Å². The van der Waals surface area contributed by atoms with Gasteiger partial charge in [-0.1, -0.05) is 26.2 Å². The summed E-state index contributed by atoms with van der Waals surface area (Å²) >= 11 is 0. The van der Waals surface area contributed by atoms with E-state index < -0.39 is 11.9 Å². The first-order valence-corrected chi connectivity index (χ1v) is 6.44. The minimum Gasteiger partial charge on any atom is -0.481 e. The molecule has 0 radical (unpaired) electrons. The lowest BCUT2D eigenvalue weighted by Gasteiger charge is -2.36. The maximum atomic E-state index is 10.6. The molecule has 0 aromatic heterocycles. The highest BCUT2D eigenvalue weighted by Crippen LogP contribution is 2.39. The standard InChI is InChI=1S/C13H22O4/c1-9-3-2-4-10(5-7-12(14)15)11(9)6-8-13(16)17/h9-11H,2-8H2,1H3,(H,14,15)(H,16,17). The summed E-state index contributed by atoms with van der Waals surface area (Å²) in [6, 6.07) is 0. The first-order valence-electron chi connectivity index (χ1n) is 6.44. The number of hydrogen-bond donors (Lipinski definition) is 2. The zero-order chi connectivity index (χ0) is 12.8. The van der Waals surface area contributed by atoms with Gasteiger partial charge in [-0.05, 0) is 30.6 Å². The highest BCUT2D eigenvalue weighted by molar-refractivity contribution is 5.67. The number of hydrogen-bond acceptors (Lipinski definition) is 2. The number of carboxylic acids is 2. The molecule has 0 aliphatic heterocycles. The fourth-order valence-electron chi connectivity index (χ4n) is 3.07. The highest BCUT2D eigenvalue weighted by atomic mass is 16.4. The summed E-state index contributed by atoms with van der Waals surface area (Å²) in [5.74, 6) is -0.185. The van der Waals surface area contributed by atoms with Crippen LogP contribution in [0.3, 0.4) is 0 Å². The lowest BCUT2D eigenvalue weighted by Crippen LogP contribution is -2.27. The van der Waals surface area contributed by atoms with Crippen LogP contribution in [-0.2, 0) is 9.59 Å². The predicted molar refractivity (Wildman–Crippen MR) is 63.7 cm³/mol. The van der Waals surface area contributed by atoms with Gasteiger partial charge in [0.05, 0.1) is 0 Å². The van der Waals surface area contributed by atoms with Crippen LogP contribution >= 0.6 is 0 Å². The number of carboxylic acid groups (broad SMARTS) is 2. The Bertz CT molecular complexity index is 275. The summed E-state index contributed by atoms with van der Waals surface area (Å²) in [4.78, 5) is 21.2. The van der Waals surface area contributed by atoms with Crippen LogP contribution in [0.5, 0.6) is 0 Å². The van der Waals surface area contributed by atoms with E-state index in [1.807, 2.05) is 0 Å². The number of rotatable bonds is 6. The number of carbonyl (C=O) groups is 2. The Morgan fingerprint density at radius 1 is 1.06 bits per heavy atom. The molecule has 0 aromatic carbocycles. The lowest BCUT2D eigenvalue weighted by atomic mass is 9.69. The predicted octanol–water partition coefficient (Wildman–Crippen LogP) is 2.77. The van der Waals surface area contributed by atoms with Crippen molar-refractivity contribution in [3.63, 3.8) is 0 Å². The smallest absolute Gasteiger partial charge is 0.303 e. The molecule has 3 atom stereocenters. The molecular weight excluding hydrogens is 220 g/mol. The molecule has 2 N–H and O–H groups in total. The van der Waals surface area contributed by atoms with Crippen LogP contribution in [-0.4, -0.2) is 22.2 Å². The van der Waals surface area contributed by atoms with Crippen molar-refractivity contribution in [1.29, 1.82) is 0 Å². The molecule has 1 fully saturated rings. The first kappa shape index (κ1) is 14.0. The summed E-state index contributed by atoms with van der Waals surface area (Å²) in [6.45, 7) is 2.17. The first-order chi connectivity index (χ1) is 8.00. The molecule has 0 heterocycles. The lowest BCUT2D eigenvalue weighted by molar-refractivity contribution is -0.139. The molecule has 0 bridgehead atoms. The van der Waals surface area contributed by atoms with Gasteiger partial charge < -0.3 is 10.2 Å². The third-order valence-electron chi connectivity index (χ3n) is 3.99. The molecule has 3 unspecified atom stereocenters. The van der Waals surface area contributed by atoms with Crippen molar-refractivity contribution in [2.24, 2.45) is 17.8 Å². The van der Waals surface area contributed by atoms with E-state index in [9.17, 15) is 9.59 Å². The second-order valence-corrected chi connectivity index (χ2v) is 5.20. The van der Waals surface area contributed by atoms with Gasteiger partial charge in [0.15, 0.2) is 0 Å². The Morgan fingerprint density at radius 3 is 2.24 bits per heavy atom. The Hall–Kier alpha value is -1.06. The van der Waals surface area contributed by atoms with E-state index in [0.717, 1.165) is 19.3 Å². The topological polar surface area (TPSA) is 74.6 Å². The molecule has 0 spiro atoms. The van der Waals surface area contributed by atoms with Crippen molar-refractivity contribution >= 4 is 11.9 Å². The average Bonchev–Trinajstić information content (AvgIpc) is 2.24. The van der Waals surface area contributed by atoms with Crippen LogP contribution in [0.2, 0.25) is 0 Å². The third-order valence-corrected chi connectivity index (χ3v) is 3.99. The second kappa shape index (κ2) is 6.62. The molecule has 17 heavy (non-hydrogen) atoms. The SMILES string of the molecule is CC1CCCC(CCC(=O)O)C1CCC(=O)O. The van der Waals surface area contributed by atoms with Crippen molar-refractivity contribution in [2.75, 3.05) is 0 Å². The molecule has 98 valence electrons. The largest absolute Gasteiger partial charge is 0.481 e. The fraction of sp³-hybridized carbons (Fsp3) is 0.846. The second-order valence-electron chi connectivity index (χ2n) is 5.20. The third kappa shape index (κ3) is 4.75. The molecule has 0 amide bonds. The van der Waals surface area contributed by atoms with Crippen molar-refractivity contribution in [3.8, 4) is 0 Å². The van der Waals surface area contributed by atoms with Crippen LogP contribution in [0.1, 0.15) is 51.9 Å². The van der Waals surface area contributed by atoms with Crippen LogP contribution in [0, 0.1) is 17.8 Å². The van der Waals surface area contributed by atoms with E-state index in [1.165, 1.54) is 0 Å². The average molecular weight is 242 g/mol. The van der Waals surface area contributed by atoms with Crippen LogP contribution in [0.25, 0.3) is 0 Å². The minimum atomic E-state index is -0.750. The van der Waals surface area contributed by atoms with Gasteiger partial charge in [-0.25, -0.2) is 0 Å². The van der Waals surface area contributed by atoms with Gasteiger partial charge in [-0.15, -0.1) is 0 Å². The van der Waals surface area contributed by atoms with Gasteiger partial charge in [0.25, 0.3) is 0 Å². The molecule has 1 saturated carbocycles. The van der Waals surface area contributed by atoms with Crippen molar-refractivity contribution < 1.29 is 19.8 Å². The van der Waals surface area contributed by atoms with Gasteiger partial charge in [0.2, 0.25) is 0 Å². The summed E-state index contributed by atoms with van der Waals surface area (Å²) in [6.07, 6.45) is 5.16. The van der Waals surface area contributed by atoms with Crippen molar-refractivity contribution in [1.82, 2.24) is 0 Å². The quantitative estimate of drug-likeness (QED) is 0.751. The zero-order valence-corrected chi connectivity index (χ0v) is 10.4. The van der Waals surface area contributed by atoms with E-state index in [0.29, 0.717) is 30.6 Å². The Kier molecular flexibility index (Phi) is 5.45. The molecule has 1 rings (SSSR count). The maximum Gasteiger partial charge on any atom is 0.303 e. The van der Waals surface area contributed by atoms with Crippen molar-refractivity contribution in [3.05, 3.63) is 0 Å². The maximum absolute atomic E-state index is 10.6. The van der Waals surface area contributed by atoms with E-state index >= 15 is 0 Å². The number of aliphatic carboxylic acids is 2. The Morgan fingerprint density at radius 2 is 1.65 bits per heavy atom. The normalized spacial score (nSPS) is 28.9. The molecule has 4 nitrogen and oxygen atoms in total. The zero-order valence-electron chi connectivity index (χ0n) is 10.4. The highest BCUT2D eigenvalue weighted by Gasteiger charge is 2.30. The van der Waals surface area contributed by atoms with E-state index in [1.54, 1.807) is 0 Å². The van der Waals surface area contributed by atoms with Crippen LogP contribution in [0.15, 0.2) is 0 Å². The van der Waals surface area contributed by atoms with Crippen LogP contribution in [0.4, 0.5) is 0 Å². The molecule has 0 aromatic rings. The minimum absolute atomic E-state index is 0.207. The summed E-state index contributed by atoms with van der Waals surface area (Å²) in [7, 11) is 0. The van der Waals surface area contributed by atoms with Gasteiger partial charge >= 0.3 is 11.9 Å². The monoisotopic (exact) mass is 242 g/mol. The molecule has 4 heteroatoms. The van der Waals surface area contributed by atoms with E-state index in [2.05, 4.69) is 6.92 Å². The molecule has 1 aliphatic rings. The van der Waals surface area contributed by atoms with Gasteiger partial charge in [-0.3, -0.25) is 9.59 Å². The van der Waals surface area contributed by atoms with Crippen LogP contribution < -0.4 is 0 Å². The summed E-state index contributed by atoms with van der Waals surface area (Å²) < 4.78 is 0.